The summed E-state index contributed by atoms with van der Waals surface area (Å²) in [6.45, 7) is 4.69. The van der Waals surface area contributed by atoms with Gasteiger partial charge in [0.25, 0.3) is 0 Å². The molecular formula is C18H21N5O. The van der Waals surface area contributed by atoms with E-state index >= 15 is 0 Å². The summed E-state index contributed by atoms with van der Waals surface area (Å²) in [6.07, 6.45) is 9.65. The molecule has 3 aromatic heterocycles. The molecule has 0 aliphatic carbocycles. The molecule has 0 saturated carbocycles. The minimum absolute atomic E-state index is 0.497. The first-order valence-electron chi connectivity index (χ1n) is 8.38. The van der Waals surface area contributed by atoms with Crippen LogP contribution >= 0.6 is 0 Å². The van der Waals surface area contributed by atoms with Gasteiger partial charge in [0.2, 0.25) is 0 Å². The van der Waals surface area contributed by atoms with E-state index in [1.807, 2.05) is 48.2 Å². The van der Waals surface area contributed by atoms with Crippen LogP contribution in [0.1, 0.15) is 18.5 Å². The van der Waals surface area contributed by atoms with Crippen molar-refractivity contribution in [2.24, 2.45) is 5.92 Å². The normalized spacial score (nSPS) is 18.0. The quantitative estimate of drug-likeness (QED) is 0.739. The van der Waals surface area contributed by atoms with E-state index in [4.69, 9.17) is 4.74 Å². The molecule has 1 aliphatic rings. The summed E-state index contributed by atoms with van der Waals surface area (Å²) >= 11 is 0. The smallest absolute Gasteiger partial charge is 0.154 e. The molecule has 4 heterocycles. The van der Waals surface area contributed by atoms with Gasteiger partial charge in [-0.25, -0.2) is 9.50 Å². The summed E-state index contributed by atoms with van der Waals surface area (Å²) in [5.74, 6) is 2.41. The highest BCUT2D eigenvalue weighted by atomic mass is 16.5. The number of rotatable bonds is 4. The number of pyridine rings is 1. The van der Waals surface area contributed by atoms with Gasteiger partial charge in [0.05, 0.1) is 12.8 Å². The highest BCUT2D eigenvalue weighted by Crippen LogP contribution is 2.25. The van der Waals surface area contributed by atoms with Crippen molar-refractivity contribution in [2.75, 3.05) is 24.6 Å². The van der Waals surface area contributed by atoms with Gasteiger partial charge in [-0.1, -0.05) is 0 Å². The lowest BCUT2D eigenvalue weighted by Crippen LogP contribution is -2.38. The first kappa shape index (κ1) is 14.9. The topological polar surface area (TPSA) is 55.5 Å². The molecule has 0 bridgehead atoms. The highest BCUT2D eigenvalue weighted by Gasteiger charge is 2.23. The fraction of sp³-hybridized carbons (Fsp3) is 0.389. The van der Waals surface area contributed by atoms with Crippen molar-refractivity contribution in [1.82, 2.24) is 19.6 Å². The number of fused-ring (bicyclic) bond motifs is 1. The number of hydrogen-bond acceptors (Lipinski definition) is 5. The van der Waals surface area contributed by atoms with Gasteiger partial charge in [0, 0.05) is 49.4 Å². The third-order valence-electron chi connectivity index (χ3n) is 4.48. The molecule has 1 fully saturated rings. The number of ether oxygens (including phenoxy) is 1. The summed E-state index contributed by atoms with van der Waals surface area (Å²) in [4.78, 5) is 11.1. The number of anilines is 1. The molecule has 3 aromatic rings. The maximum Gasteiger partial charge on any atom is 0.154 e. The Hall–Kier alpha value is -2.63. The molecule has 1 aliphatic heterocycles. The summed E-state index contributed by atoms with van der Waals surface area (Å²) in [6, 6.07) is 5.92. The van der Waals surface area contributed by atoms with E-state index in [2.05, 4.69) is 20.0 Å². The van der Waals surface area contributed by atoms with Gasteiger partial charge in [-0.15, -0.1) is 0 Å². The molecule has 1 atom stereocenters. The lowest BCUT2D eigenvalue weighted by atomic mass is 9.99. The van der Waals surface area contributed by atoms with Crippen LogP contribution in [0.3, 0.4) is 0 Å². The fourth-order valence-corrected chi connectivity index (χ4v) is 3.30. The number of piperidine rings is 1. The summed E-state index contributed by atoms with van der Waals surface area (Å²) in [7, 11) is 0. The van der Waals surface area contributed by atoms with Gasteiger partial charge in [-0.05, 0) is 31.9 Å². The maximum absolute atomic E-state index is 5.98. The van der Waals surface area contributed by atoms with Crippen LogP contribution < -0.4 is 9.64 Å². The second-order valence-corrected chi connectivity index (χ2v) is 6.31. The second-order valence-electron chi connectivity index (χ2n) is 6.31. The molecule has 24 heavy (non-hydrogen) atoms. The second kappa shape index (κ2) is 6.47. The number of nitrogens with zero attached hydrogens (tertiary/aromatic N) is 5. The van der Waals surface area contributed by atoms with Crippen molar-refractivity contribution in [3.63, 3.8) is 0 Å². The Kier molecular flexibility index (Phi) is 4.02. The van der Waals surface area contributed by atoms with E-state index < -0.39 is 0 Å². The number of hydrogen-bond donors (Lipinski definition) is 0. The predicted octanol–water partition coefficient (Wildman–Crippen LogP) is 2.73. The molecule has 6 nitrogen and oxygen atoms in total. The van der Waals surface area contributed by atoms with Crippen molar-refractivity contribution in [3.05, 3.63) is 48.7 Å². The molecule has 124 valence electrons. The molecule has 0 spiro atoms. The van der Waals surface area contributed by atoms with Gasteiger partial charge >= 0.3 is 0 Å². The van der Waals surface area contributed by atoms with E-state index in [1.165, 1.54) is 6.42 Å². The van der Waals surface area contributed by atoms with Gasteiger partial charge < -0.3 is 9.64 Å². The zero-order valence-electron chi connectivity index (χ0n) is 13.8. The maximum atomic E-state index is 5.98. The van der Waals surface area contributed by atoms with Crippen LogP contribution in [-0.2, 0) is 0 Å². The van der Waals surface area contributed by atoms with Crippen LogP contribution in [0.2, 0.25) is 0 Å². The minimum Gasteiger partial charge on any atom is -0.493 e. The van der Waals surface area contributed by atoms with E-state index in [9.17, 15) is 0 Å². The van der Waals surface area contributed by atoms with Gasteiger partial charge in [0.1, 0.15) is 11.3 Å². The Morgan fingerprint density at radius 2 is 2.17 bits per heavy atom. The average molecular weight is 323 g/mol. The Balaban J connectivity index is 1.45. The zero-order valence-corrected chi connectivity index (χ0v) is 13.8. The third kappa shape index (κ3) is 3.04. The SMILES string of the molecule is Cc1cc(OCC2CCCN(c3nccn4nccc34)C2)ccn1. The number of aryl methyl sites for hydroxylation is 1. The van der Waals surface area contributed by atoms with E-state index in [1.54, 1.807) is 6.20 Å². The van der Waals surface area contributed by atoms with Crippen LogP contribution in [0.25, 0.3) is 5.52 Å². The van der Waals surface area contributed by atoms with Crippen molar-refractivity contribution in [1.29, 1.82) is 0 Å². The third-order valence-corrected chi connectivity index (χ3v) is 4.48. The Labute approximate surface area is 141 Å². The Morgan fingerprint density at radius 3 is 3.08 bits per heavy atom. The van der Waals surface area contributed by atoms with Crippen molar-refractivity contribution < 1.29 is 4.74 Å². The van der Waals surface area contributed by atoms with Crippen LogP contribution in [0.5, 0.6) is 5.75 Å². The molecular weight excluding hydrogens is 302 g/mol. The highest BCUT2D eigenvalue weighted by molar-refractivity contribution is 5.68. The molecule has 6 heteroatoms. The van der Waals surface area contributed by atoms with Crippen LogP contribution in [-0.4, -0.2) is 39.3 Å². The van der Waals surface area contributed by atoms with E-state index in [0.29, 0.717) is 5.92 Å². The molecule has 0 amide bonds. The standard InChI is InChI=1S/C18H21N5O/c1-14-11-16(4-6-19-14)24-13-15-3-2-9-22(12-15)18-17-5-7-21-23(17)10-8-20-18/h4-8,10-11,15H,2-3,9,12-13H2,1H3. The Bertz CT molecular complexity index is 831. The molecule has 4 rings (SSSR count). The van der Waals surface area contributed by atoms with Gasteiger partial charge in [0.15, 0.2) is 5.82 Å². The van der Waals surface area contributed by atoms with Crippen LogP contribution in [0.4, 0.5) is 5.82 Å². The average Bonchev–Trinajstić information content (AvgIpc) is 3.09. The molecule has 0 N–H and O–H groups in total. The zero-order chi connectivity index (χ0) is 16.4. The monoisotopic (exact) mass is 323 g/mol. The first-order valence-corrected chi connectivity index (χ1v) is 8.38. The first-order chi connectivity index (χ1) is 11.8. The summed E-state index contributed by atoms with van der Waals surface area (Å²) < 4.78 is 7.86. The number of aromatic nitrogens is 4. The minimum atomic E-state index is 0.497. The summed E-state index contributed by atoms with van der Waals surface area (Å²) in [5, 5.41) is 4.30. The molecule has 1 saturated heterocycles. The van der Waals surface area contributed by atoms with Crippen LogP contribution in [0.15, 0.2) is 43.0 Å². The van der Waals surface area contributed by atoms with Crippen molar-refractivity contribution in [3.8, 4) is 5.75 Å². The molecule has 0 radical (unpaired) electrons. The Morgan fingerprint density at radius 1 is 1.21 bits per heavy atom. The van der Waals surface area contributed by atoms with Crippen molar-refractivity contribution >= 4 is 11.3 Å². The van der Waals surface area contributed by atoms with E-state index in [-0.39, 0.29) is 0 Å². The van der Waals surface area contributed by atoms with E-state index in [0.717, 1.165) is 48.9 Å². The molecule has 0 aromatic carbocycles. The predicted molar refractivity (Wildman–Crippen MR) is 92.4 cm³/mol. The van der Waals surface area contributed by atoms with Crippen LogP contribution in [0, 0.1) is 12.8 Å². The van der Waals surface area contributed by atoms with Crippen molar-refractivity contribution in [2.45, 2.75) is 19.8 Å². The molecule has 1 unspecified atom stereocenters. The lowest BCUT2D eigenvalue weighted by Gasteiger charge is -2.33. The van der Waals surface area contributed by atoms with Gasteiger partial charge in [-0.3, -0.25) is 4.98 Å². The lowest BCUT2D eigenvalue weighted by molar-refractivity contribution is 0.228. The van der Waals surface area contributed by atoms with Gasteiger partial charge in [-0.2, -0.15) is 5.10 Å². The summed E-state index contributed by atoms with van der Waals surface area (Å²) in [5.41, 5.74) is 2.04. The largest absolute Gasteiger partial charge is 0.493 e. The fourth-order valence-electron chi connectivity index (χ4n) is 3.30.